The summed E-state index contributed by atoms with van der Waals surface area (Å²) in [6.45, 7) is 3.46. The van der Waals surface area contributed by atoms with Gasteiger partial charge in [0.25, 0.3) is 5.91 Å². The van der Waals surface area contributed by atoms with E-state index in [4.69, 9.17) is 4.74 Å². The van der Waals surface area contributed by atoms with Gasteiger partial charge >= 0.3 is 0 Å². The zero-order chi connectivity index (χ0) is 17.6. The maximum Gasteiger partial charge on any atom is 0.267 e. The van der Waals surface area contributed by atoms with Gasteiger partial charge in [0.2, 0.25) is 0 Å². The molecule has 2 aromatic rings. The van der Waals surface area contributed by atoms with E-state index < -0.39 is 0 Å². The highest BCUT2D eigenvalue weighted by atomic mass is 32.2. The van der Waals surface area contributed by atoms with Crippen LogP contribution >= 0.6 is 23.1 Å². The molecular weight excluding hydrogens is 352 g/mol. The summed E-state index contributed by atoms with van der Waals surface area (Å²) in [5.74, 6) is 1.31. The predicted octanol–water partition coefficient (Wildman–Crippen LogP) is 4.50. The number of hydrogen-bond donors (Lipinski definition) is 1. The molecule has 0 radical (unpaired) electrons. The van der Waals surface area contributed by atoms with E-state index in [1.165, 1.54) is 16.9 Å². The van der Waals surface area contributed by atoms with Crippen molar-refractivity contribution in [2.75, 3.05) is 30.5 Å². The first kappa shape index (κ1) is 18.4. The minimum Gasteiger partial charge on any atom is -0.381 e. The fourth-order valence-corrected chi connectivity index (χ4v) is 4.49. The Morgan fingerprint density at radius 3 is 3.04 bits per heavy atom. The molecule has 4 nitrogen and oxygen atoms in total. The number of thioether (sulfide) groups is 1. The van der Waals surface area contributed by atoms with Crippen molar-refractivity contribution in [2.45, 2.75) is 32.1 Å². The Morgan fingerprint density at radius 1 is 1.44 bits per heavy atom. The number of aryl methyl sites for hydroxylation is 2. The van der Waals surface area contributed by atoms with Crippen LogP contribution < -0.4 is 5.32 Å². The Bertz CT molecular complexity index is 724. The summed E-state index contributed by atoms with van der Waals surface area (Å²) in [5, 5.41) is 4.11. The second-order valence-electron chi connectivity index (χ2n) is 6.23. The predicted molar refractivity (Wildman–Crippen MR) is 106 cm³/mol. The average molecular weight is 377 g/mol. The molecule has 3 rings (SSSR count). The monoisotopic (exact) mass is 376 g/mol. The minimum atomic E-state index is -0.0606. The van der Waals surface area contributed by atoms with Crippen molar-refractivity contribution in [3.05, 3.63) is 45.4 Å². The molecule has 0 saturated carbocycles. The molecule has 1 aliphatic rings. The Balaban J connectivity index is 1.74. The Hall–Kier alpha value is -1.37. The summed E-state index contributed by atoms with van der Waals surface area (Å²) in [7, 11) is 0. The number of hydrogen-bond acceptors (Lipinski definition) is 5. The molecular formula is C19H24N2O2S2. The molecule has 1 aromatic carbocycles. The van der Waals surface area contributed by atoms with Crippen molar-refractivity contribution in [1.82, 2.24) is 4.98 Å². The largest absolute Gasteiger partial charge is 0.381 e. The maximum absolute atomic E-state index is 12.8. The molecule has 0 aliphatic carbocycles. The molecule has 1 aliphatic heterocycles. The Labute approximate surface area is 157 Å². The lowest BCUT2D eigenvalue weighted by Crippen LogP contribution is -2.15. The molecule has 2 heterocycles. The third-order valence-electron chi connectivity index (χ3n) is 4.37. The van der Waals surface area contributed by atoms with E-state index in [-0.39, 0.29) is 5.91 Å². The van der Waals surface area contributed by atoms with Gasteiger partial charge in [-0.2, -0.15) is 11.8 Å². The van der Waals surface area contributed by atoms with E-state index in [0.29, 0.717) is 17.4 Å². The molecule has 6 heteroatoms. The third-order valence-corrected chi connectivity index (χ3v) is 6.30. The van der Waals surface area contributed by atoms with Gasteiger partial charge in [-0.25, -0.2) is 4.98 Å². The van der Waals surface area contributed by atoms with Gasteiger partial charge in [0.05, 0.1) is 17.3 Å². The number of anilines is 1. The molecule has 1 saturated heterocycles. The molecule has 0 spiro atoms. The normalized spacial score (nSPS) is 17.4. The van der Waals surface area contributed by atoms with Crippen LogP contribution in [0.3, 0.4) is 0 Å². The molecule has 1 unspecified atom stereocenters. The quantitative estimate of drug-likeness (QED) is 0.806. The first-order valence-corrected chi connectivity index (χ1v) is 10.8. The highest BCUT2D eigenvalue weighted by Gasteiger charge is 2.23. The van der Waals surface area contributed by atoms with Gasteiger partial charge in [0.1, 0.15) is 4.88 Å². The zero-order valence-electron chi connectivity index (χ0n) is 14.7. The van der Waals surface area contributed by atoms with Gasteiger partial charge < -0.3 is 10.1 Å². The second kappa shape index (κ2) is 8.83. The minimum absolute atomic E-state index is 0.0606. The fraction of sp³-hybridized carbons (Fsp3) is 0.474. The van der Waals surface area contributed by atoms with Crippen molar-refractivity contribution in [1.29, 1.82) is 0 Å². The van der Waals surface area contributed by atoms with Crippen LogP contribution in [0.1, 0.15) is 44.7 Å². The van der Waals surface area contributed by atoms with Crippen molar-refractivity contribution < 1.29 is 9.53 Å². The smallest absolute Gasteiger partial charge is 0.267 e. The molecule has 1 amide bonds. The molecule has 1 fully saturated rings. The number of nitrogens with zero attached hydrogens (tertiary/aromatic N) is 1. The Morgan fingerprint density at radius 2 is 2.28 bits per heavy atom. The fourth-order valence-electron chi connectivity index (χ4n) is 2.99. The van der Waals surface area contributed by atoms with Crippen molar-refractivity contribution in [3.63, 3.8) is 0 Å². The number of nitrogens with one attached hydrogen (secondary N) is 1. The summed E-state index contributed by atoms with van der Waals surface area (Å²) in [5.41, 5.74) is 2.88. The lowest BCUT2D eigenvalue weighted by Gasteiger charge is -2.19. The van der Waals surface area contributed by atoms with Crippen LogP contribution in [0, 0.1) is 6.92 Å². The van der Waals surface area contributed by atoms with Crippen LogP contribution in [0.5, 0.6) is 0 Å². The third kappa shape index (κ3) is 4.63. The van der Waals surface area contributed by atoms with Crippen LogP contribution in [-0.4, -0.2) is 36.1 Å². The summed E-state index contributed by atoms with van der Waals surface area (Å²) >= 11 is 3.32. The van der Waals surface area contributed by atoms with Gasteiger partial charge in [0, 0.05) is 18.2 Å². The van der Waals surface area contributed by atoms with Crippen LogP contribution in [0.25, 0.3) is 0 Å². The van der Waals surface area contributed by atoms with E-state index in [1.807, 2.05) is 36.9 Å². The number of carbonyl (C=O) groups excluding carboxylic acids is 1. The van der Waals surface area contributed by atoms with Crippen molar-refractivity contribution in [2.24, 2.45) is 0 Å². The number of thiazole rings is 1. The summed E-state index contributed by atoms with van der Waals surface area (Å²) in [4.78, 5) is 18.1. The lowest BCUT2D eigenvalue weighted by molar-refractivity contribution is 0.0803. The van der Waals surface area contributed by atoms with Gasteiger partial charge in [-0.1, -0.05) is 18.2 Å². The second-order valence-corrected chi connectivity index (χ2v) is 8.25. The number of para-hydroxylation sites is 1. The maximum atomic E-state index is 12.8. The van der Waals surface area contributed by atoms with Crippen LogP contribution in [-0.2, 0) is 11.2 Å². The van der Waals surface area contributed by atoms with Crippen LogP contribution in [0.15, 0.2) is 24.3 Å². The van der Waals surface area contributed by atoms with Gasteiger partial charge in [-0.15, -0.1) is 11.3 Å². The first-order valence-electron chi connectivity index (χ1n) is 8.62. The van der Waals surface area contributed by atoms with Crippen molar-refractivity contribution in [3.8, 4) is 0 Å². The molecule has 1 aromatic heterocycles. The SMILES string of the molecule is CSCCc1ccccc1NC(=O)c1sc(C2CCCOC2)nc1C. The van der Waals surface area contributed by atoms with Crippen molar-refractivity contribution >= 4 is 34.7 Å². The highest BCUT2D eigenvalue weighted by Crippen LogP contribution is 2.31. The molecule has 25 heavy (non-hydrogen) atoms. The summed E-state index contributed by atoms with van der Waals surface area (Å²) < 4.78 is 5.56. The van der Waals surface area contributed by atoms with E-state index in [0.717, 1.165) is 48.0 Å². The molecule has 0 bridgehead atoms. The first-order chi connectivity index (χ1) is 12.2. The lowest BCUT2D eigenvalue weighted by atomic mass is 10.0. The number of benzene rings is 1. The number of aromatic nitrogens is 1. The topological polar surface area (TPSA) is 51.2 Å². The Kier molecular flexibility index (Phi) is 6.51. The van der Waals surface area contributed by atoms with E-state index in [2.05, 4.69) is 22.6 Å². The zero-order valence-corrected chi connectivity index (χ0v) is 16.3. The molecule has 1 atom stereocenters. The van der Waals surface area contributed by atoms with Gasteiger partial charge in [0.15, 0.2) is 0 Å². The van der Waals surface area contributed by atoms with E-state index in [1.54, 1.807) is 0 Å². The van der Waals surface area contributed by atoms with E-state index in [9.17, 15) is 4.79 Å². The summed E-state index contributed by atoms with van der Waals surface area (Å²) in [6, 6.07) is 8.03. The van der Waals surface area contributed by atoms with Crippen LogP contribution in [0.2, 0.25) is 0 Å². The number of amides is 1. The van der Waals surface area contributed by atoms with E-state index >= 15 is 0 Å². The van der Waals surface area contributed by atoms with Gasteiger partial charge in [-0.3, -0.25) is 4.79 Å². The number of rotatable bonds is 6. The molecule has 134 valence electrons. The standard InChI is InChI=1S/C19H24N2O2S2/c1-13-17(25-19(20-13)15-7-5-10-23-12-15)18(22)21-16-8-4-3-6-14(16)9-11-24-2/h3-4,6,8,15H,5,7,9-12H2,1-2H3,(H,21,22). The summed E-state index contributed by atoms with van der Waals surface area (Å²) in [6.07, 6.45) is 5.20. The molecule has 1 N–H and O–H groups in total. The number of carbonyl (C=O) groups is 1. The highest BCUT2D eigenvalue weighted by molar-refractivity contribution is 7.98. The van der Waals surface area contributed by atoms with Crippen LogP contribution in [0.4, 0.5) is 5.69 Å². The average Bonchev–Trinajstić information content (AvgIpc) is 3.03. The van der Waals surface area contributed by atoms with Gasteiger partial charge in [-0.05, 0) is 49.8 Å². The number of ether oxygens (including phenoxy) is 1.